The molecule has 1 saturated carbocycles. The molecule has 4 atom stereocenters. The van der Waals surface area contributed by atoms with Crippen LogP contribution in [0.1, 0.15) is 32.3 Å². The van der Waals surface area contributed by atoms with E-state index in [1.54, 1.807) is 11.8 Å². The standard InChI is InChI=1S/C19H23N3O6S/c1-11(23)29-14-7-16(15-8-19(15,2)17(20)24)21(9-14)18(25)28-10-12-3-5-13(6-4-12)22(26)27/h3-6,14-16H,7-10H2,1-2H3,(H2,20,24). The van der Waals surface area contributed by atoms with Crippen LogP contribution < -0.4 is 5.73 Å². The Morgan fingerprint density at radius 3 is 2.52 bits per heavy atom. The first-order valence-corrected chi connectivity index (χ1v) is 10.1. The number of carbonyl (C=O) groups is 3. The zero-order valence-electron chi connectivity index (χ0n) is 16.2. The Bertz CT molecular complexity index is 845. The lowest BCUT2D eigenvalue weighted by molar-refractivity contribution is -0.384. The number of rotatable bonds is 6. The summed E-state index contributed by atoms with van der Waals surface area (Å²) in [6.45, 7) is 3.62. The highest BCUT2D eigenvalue weighted by molar-refractivity contribution is 8.14. The number of thioether (sulfide) groups is 1. The molecule has 2 amide bonds. The fourth-order valence-electron chi connectivity index (χ4n) is 3.92. The van der Waals surface area contributed by atoms with E-state index in [1.807, 2.05) is 0 Å². The van der Waals surface area contributed by atoms with Gasteiger partial charge in [-0.05, 0) is 36.5 Å². The van der Waals surface area contributed by atoms with E-state index >= 15 is 0 Å². The largest absolute Gasteiger partial charge is 0.445 e. The summed E-state index contributed by atoms with van der Waals surface area (Å²) >= 11 is 1.19. The molecule has 4 unspecified atom stereocenters. The van der Waals surface area contributed by atoms with Crippen molar-refractivity contribution in [2.45, 2.75) is 44.6 Å². The predicted molar refractivity (Wildman–Crippen MR) is 106 cm³/mol. The lowest BCUT2D eigenvalue weighted by Gasteiger charge is -2.25. The van der Waals surface area contributed by atoms with Crippen LogP contribution in [0.2, 0.25) is 0 Å². The summed E-state index contributed by atoms with van der Waals surface area (Å²) in [5.74, 6) is -0.436. The third-order valence-electron chi connectivity index (χ3n) is 5.71. The average molecular weight is 421 g/mol. The SMILES string of the molecule is CC(=O)SC1CC(C2CC2(C)C(N)=O)N(C(=O)OCc2ccc([N+](=O)[O-])cc2)C1. The summed E-state index contributed by atoms with van der Waals surface area (Å²) in [6, 6.07) is 5.56. The maximum absolute atomic E-state index is 12.7. The van der Waals surface area contributed by atoms with E-state index in [0.29, 0.717) is 24.9 Å². The molecule has 1 heterocycles. The first-order valence-electron chi connectivity index (χ1n) is 9.25. The molecule has 0 aromatic heterocycles. The molecule has 2 fully saturated rings. The Labute approximate surface area is 172 Å². The molecule has 2 aliphatic rings. The Morgan fingerprint density at radius 1 is 1.34 bits per heavy atom. The fourth-order valence-corrected chi connectivity index (χ4v) is 4.92. The number of hydrogen-bond acceptors (Lipinski definition) is 7. The second kappa shape index (κ2) is 8.02. The highest BCUT2D eigenvalue weighted by atomic mass is 32.2. The van der Waals surface area contributed by atoms with Gasteiger partial charge in [0.15, 0.2) is 5.12 Å². The summed E-state index contributed by atoms with van der Waals surface area (Å²) in [6.07, 6.45) is 0.680. The van der Waals surface area contributed by atoms with Gasteiger partial charge >= 0.3 is 6.09 Å². The number of nitro groups is 1. The second-order valence-electron chi connectivity index (χ2n) is 7.76. The zero-order chi connectivity index (χ0) is 21.3. The van der Waals surface area contributed by atoms with Gasteiger partial charge in [0.05, 0.1) is 10.3 Å². The van der Waals surface area contributed by atoms with Gasteiger partial charge in [-0.3, -0.25) is 19.7 Å². The predicted octanol–water partition coefficient (Wildman–Crippen LogP) is 2.47. The molecule has 29 heavy (non-hydrogen) atoms. The molecule has 1 aromatic carbocycles. The minimum atomic E-state index is -0.642. The van der Waals surface area contributed by atoms with E-state index in [1.165, 1.54) is 43.0 Å². The molecule has 9 nitrogen and oxygen atoms in total. The van der Waals surface area contributed by atoms with Crippen LogP contribution in [0.5, 0.6) is 0 Å². The molecule has 0 radical (unpaired) electrons. The van der Waals surface area contributed by atoms with E-state index in [2.05, 4.69) is 0 Å². The van der Waals surface area contributed by atoms with Crippen LogP contribution in [0.4, 0.5) is 10.5 Å². The quantitative estimate of drug-likeness (QED) is 0.551. The van der Waals surface area contributed by atoms with Crippen molar-refractivity contribution in [3.63, 3.8) is 0 Å². The van der Waals surface area contributed by atoms with Crippen molar-refractivity contribution in [1.82, 2.24) is 4.90 Å². The highest BCUT2D eigenvalue weighted by Crippen LogP contribution is 2.57. The molecule has 2 N–H and O–H groups in total. The van der Waals surface area contributed by atoms with Crippen molar-refractivity contribution in [2.24, 2.45) is 17.1 Å². The van der Waals surface area contributed by atoms with Gasteiger partial charge in [-0.1, -0.05) is 18.7 Å². The van der Waals surface area contributed by atoms with Gasteiger partial charge in [0.25, 0.3) is 5.69 Å². The lowest BCUT2D eigenvalue weighted by Crippen LogP contribution is -2.39. The van der Waals surface area contributed by atoms with Crippen molar-refractivity contribution in [1.29, 1.82) is 0 Å². The Balaban J connectivity index is 1.66. The van der Waals surface area contributed by atoms with Crippen molar-refractivity contribution in [3.8, 4) is 0 Å². The normalized spacial score (nSPS) is 28.1. The summed E-state index contributed by atoms with van der Waals surface area (Å²) in [5, 5.41) is 10.6. The van der Waals surface area contributed by atoms with Crippen LogP contribution in [0.3, 0.4) is 0 Å². The molecule has 156 valence electrons. The average Bonchev–Trinajstić information content (AvgIpc) is 3.18. The van der Waals surface area contributed by atoms with Gasteiger partial charge in [-0.15, -0.1) is 0 Å². The number of carbonyl (C=O) groups excluding carboxylic acids is 3. The van der Waals surface area contributed by atoms with Crippen molar-refractivity contribution < 1.29 is 24.0 Å². The first kappa shape index (κ1) is 21.1. The van der Waals surface area contributed by atoms with Gasteiger partial charge in [0.1, 0.15) is 6.61 Å². The highest BCUT2D eigenvalue weighted by Gasteiger charge is 2.61. The molecule has 1 aliphatic heterocycles. The molecule has 3 rings (SSSR count). The number of nitro benzene ring substituents is 1. The summed E-state index contributed by atoms with van der Waals surface area (Å²) in [5.41, 5.74) is 5.46. The monoisotopic (exact) mass is 421 g/mol. The molecular formula is C19H23N3O6S. The molecule has 1 saturated heterocycles. The van der Waals surface area contributed by atoms with Gasteiger partial charge in [-0.2, -0.15) is 0 Å². The third kappa shape index (κ3) is 4.52. The molecule has 1 aromatic rings. The van der Waals surface area contributed by atoms with Gasteiger partial charge in [-0.25, -0.2) is 4.79 Å². The van der Waals surface area contributed by atoms with Gasteiger partial charge in [0, 0.05) is 36.9 Å². The number of likely N-dealkylation sites (tertiary alicyclic amines) is 1. The van der Waals surface area contributed by atoms with Crippen molar-refractivity contribution in [2.75, 3.05) is 6.54 Å². The van der Waals surface area contributed by atoms with Crippen LogP contribution in [0.15, 0.2) is 24.3 Å². The van der Waals surface area contributed by atoms with E-state index in [0.717, 1.165) is 0 Å². The van der Waals surface area contributed by atoms with Crippen molar-refractivity contribution in [3.05, 3.63) is 39.9 Å². The van der Waals surface area contributed by atoms with Gasteiger partial charge < -0.3 is 15.4 Å². The van der Waals surface area contributed by atoms with Gasteiger partial charge in [0.2, 0.25) is 5.91 Å². The van der Waals surface area contributed by atoms with Crippen LogP contribution in [-0.4, -0.2) is 44.8 Å². The number of non-ortho nitro benzene ring substituents is 1. The maximum atomic E-state index is 12.7. The summed E-state index contributed by atoms with van der Waals surface area (Å²) in [7, 11) is 0. The lowest BCUT2D eigenvalue weighted by atomic mass is 9.99. The second-order valence-corrected chi connectivity index (χ2v) is 9.23. The van der Waals surface area contributed by atoms with E-state index in [9.17, 15) is 24.5 Å². The number of nitrogens with two attached hydrogens (primary N) is 1. The molecule has 0 spiro atoms. The Hall–Kier alpha value is -2.62. The Morgan fingerprint density at radius 2 is 2.00 bits per heavy atom. The molecule has 10 heteroatoms. The van der Waals surface area contributed by atoms with Crippen LogP contribution >= 0.6 is 11.8 Å². The smallest absolute Gasteiger partial charge is 0.410 e. The number of nitrogens with zero attached hydrogens (tertiary/aromatic N) is 2. The fraction of sp³-hybridized carbons (Fsp3) is 0.526. The number of hydrogen-bond donors (Lipinski definition) is 1. The number of amides is 2. The molecule has 1 aliphatic carbocycles. The first-order chi connectivity index (χ1) is 13.6. The van der Waals surface area contributed by atoms with E-state index in [-0.39, 0.29) is 40.5 Å². The third-order valence-corrected chi connectivity index (χ3v) is 6.72. The topological polar surface area (TPSA) is 133 Å². The number of benzene rings is 1. The number of primary amides is 1. The van der Waals surface area contributed by atoms with E-state index < -0.39 is 16.4 Å². The molecular weight excluding hydrogens is 398 g/mol. The maximum Gasteiger partial charge on any atom is 0.410 e. The Kier molecular flexibility index (Phi) is 5.83. The summed E-state index contributed by atoms with van der Waals surface area (Å²) in [4.78, 5) is 47.8. The zero-order valence-corrected chi connectivity index (χ0v) is 17.0. The molecule has 0 bridgehead atoms. The summed E-state index contributed by atoms with van der Waals surface area (Å²) < 4.78 is 5.41. The van der Waals surface area contributed by atoms with Crippen molar-refractivity contribution >= 4 is 34.6 Å². The minimum absolute atomic E-state index is 0.0247. The van der Waals surface area contributed by atoms with Crippen LogP contribution in [-0.2, 0) is 20.9 Å². The number of ether oxygens (including phenoxy) is 1. The van der Waals surface area contributed by atoms with E-state index in [4.69, 9.17) is 10.5 Å². The van der Waals surface area contributed by atoms with Crippen LogP contribution in [0, 0.1) is 21.4 Å². The minimum Gasteiger partial charge on any atom is -0.445 e. The van der Waals surface area contributed by atoms with Crippen LogP contribution in [0.25, 0.3) is 0 Å².